The molecular weight excluding hydrogens is 182 g/mol. The number of hydrogen-bond donors (Lipinski definition) is 0. The SMILES string of the molecule is COC(=O)CCOCc1cccnc1. The molecule has 0 saturated carbocycles. The molecule has 0 aliphatic carbocycles. The van der Waals surface area contributed by atoms with E-state index in [2.05, 4.69) is 9.72 Å². The van der Waals surface area contributed by atoms with E-state index in [9.17, 15) is 4.79 Å². The predicted molar refractivity (Wildman–Crippen MR) is 50.5 cm³/mol. The Hall–Kier alpha value is -1.42. The van der Waals surface area contributed by atoms with Gasteiger partial charge in [0.1, 0.15) is 0 Å². The predicted octanol–water partition coefficient (Wildman–Crippen LogP) is 1.16. The van der Waals surface area contributed by atoms with E-state index >= 15 is 0 Å². The number of nitrogens with zero attached hydrogens (tertiary/aromatic N) is 1. The molecule has 0 unspecified atom stereocenters. The molecule has 0 atom stereocenters. The number of ether oxygens (including phenoxy) is 2. The van der Waals surface area contributed by atoms with Crippen LogP contribution < -0.4 is 0 Å². The minimum Gasteiger partial charge on any atom is -0.469 e. The maximum absolute atomic E-state index is 10.7. The van der Waals surface area contributed by atoms with Gasteiger partial charge >= 0.3 is 5.97 Å². The van der Waals surface area contributed by atoms with Gasteiger partial charge in [0.05, 0.1) is 26.7 Å². The summed E-state index contributed by atoms with van der Waals surface area (Å²) >= 11 is 0. The highest BCUT2D eigenvalue weighted by Crippen LogP contribution is 1.98. The second-order valence-electron chi connectivity index (χ2n) is 2.74. The van der Waals surface area contributed by atoms with Crippen molar-refractivity contribution >= 4 is 5.97 Å². The van der Waals surface area contributed by atoms with Crippen molar-refractivity contribution in [1.29, 1.82) is 0 Å². The minimum absolute atomic E-state index is 0.254. The molecule has 0 amide bonds. The molecular formula is C10H13NO3. The zero-order valence-corrected chi connectivity index (χ0v) is 8.10. The van der Waals surface area contributed by atoms with Crippen LogP contribution in [0.5, 0.6) is 0 Å². The summed E-state index contributed by atoms with van der Waals surface area (Å²) < 4.78 is 9.72. The van der Waals surface area contributed by atoms with Crippen molar-refractivity contribution in [3.8, 4) is 0 Å². The maximum atomic E-state index is 10.7. The second kappa shape index (κ2) is 6.10. The molecule has 4 nitrogen and oxygen atoms in total. The van der Waals surface area contributed by atoms with Crippen molar-refractivity contribution in [3.05, 3.63) is 30.1 Å². The standard InChI is InChI=1S/C10H13NO3/c1-13-10(12)4-6-14-8-9-3-2-5-11-7-9/h2-3,5,7H,4,6,8H2,1H3. The molecule has 0 N–H and O–H groups in total. The van der Waals surface area contributed by atoms with Crippen molar-refractivity contribution in [3.63, 3.8) is 0 Å². The largest absolute Gasteiger partial charge is 0.469 e. The van der Waals surface area contributed by atoms with E-state index in [4.69, 9.17) is 4.74 Å². The Bertz CT molecular complexity index is 274. The lowest BCUT2D eigenvalue weighted by Gasteiger charge is -2.02. The van der Waals surface area contributed by atoms with Gasteiger partial charge in [-0.05, 0) is 11.6 Å². The zero-order chi connectivity index (χ0) is 10.2. The van der Waals surface area contributed by atoms with Crippen molar-refractivity contribution in [2.24, 2.45) is 0 Å². The number of carbonyl (C=O) groups is 1. The van der Waals surface area contributed by atoms with Gasteiger partial charge in [0.2, 0.25) is 0 Å². The van der Waals surface area contributed by atoms with E-state index in [0.29, 0.717) is 13.2 Å². The molecule has 0 radical (unpaired) electrons. The summed E-state index contributed by atoms with van der Waals surface area (Å²) in [6.45, 7) is 0.854. The van der Waals surface area contributed by atoms with Crippen LogP contribution in [-0.4, -0.2) is 24.7 Å². The Balaban J connectivity index is 2.13. The van der Waals surface area contributed by atoms with Crippen LogP contribution in [0.2, 0.25) is 0 Å². The highest BCUT2D eigenvalue weighted by Gasteiger charge is 1.99. The lowest BCUT2D eigenvalue weighted by Crippen LogP contribution is -2.05. The zero-order valence-electron chi connectivity index (χ0n) is 8.10. The molecule has 0 fully saturated rings. The average molecular weight is 195 g/mol. The van der Waals surface area contributed by atoms with Gasteiger partial charge in [-0.15, -0.1) is 0 Å². The Morgan fingerprint density at radius 3 is 3.07 bits per heavy atom. The molecule has 1 heterocycles. The Morgan fingerprint density at radius 1 is 1.57 bits per heavy atom. The Labute approximate surface area is 82.9 Å². The van der Waals surface area contributed by atoms with Crippen LogP contribution in [0.4, 0.5) is 0 Å². The molecule has 1 aromatic heterocycles. The molecule has 0 spiro atoms. The van der Waals surface area contributed by atoms with Gasteiger partial charge < -0.3 is 9.47 Å². The highest BCUT2D eigenvalue weighted by atomic mass is 16.5. The quantitative estimate of drug-likeness (QED) is 0.522. The molecule has 0 aliphatic rings. The minimum atomic E-state index is -0.254. The molecule has 4 heteroatoms. The van der Waals surface area contributed by atoms with Crippen LogP contribution in [0.15, 0.2) is 24.5 Å². The maximum Gasteiger partial charge on any atom is 0.307 e. The number of hydrogen-bond acceptors (Lipinski definition) is 4. The van der Waals surface area contributed by atoms with Gasteiger partial charge in [-0.1, -0.05) is 6.07 Å². The Kier molecular flexibility index (Phi) is 4.64. The van der Waals surface area contributed by atoms with Crippen LogP contribution in [0, 0.1) is 0 Å². The van der Waals surface area contributed by atoms with Crippen molar-refractivity contribution in [2.75, 3.05) is 13.7 Å². The monoisotopic (exact) mass is 195 g/mol. The summed E-state index contributed by atoms with van der Waals surface area (Å²) in [6, 6.07) is 3.77. The van der Waals surface area contributed by atoms with Gasteiger partial charge in [-0.25, -0.2) is 0 Å². The second-order valence-corrected chi connectivity index (χ2v) is 2.74. The summed E-state index contributed by atoms with van der Waals surface area (Å²) in [7, 11) is 1.36. The summed E-state index contributed by atoms with van der Waals surface area (Å²) in [5.74, 6) is -0.254. The average Bonchev–Trinajstić information content (AvgIpc) is 2.25. The molecule has 0 bridgehead atoms. The molecule has 76 valence electrons. The molecule has 0 saturated heterocycles. The topological polar surface area (TPSA) is 48.4 Å². The van der Waals surface area contributed by atoms with E-state index in [0.717, 1.165) is 5.56 Å². The van der Waals surface area contributed by atoms with Gasteiger partial charge in [0, 0.05) is 12.4 Å². The number of carbonyl (C=O) groups excluding carboxylic acids is 1. The summed E-state index contributed by atoms with van der Waals surface area (Å²) in [5, 5.41) is 0. The van der Waals surface area contributed by atoms with Crippen molar-refractivity contribution in [1.82, 2.24) is 4.98 Å². The summed E-state index contributed by atoms with van der Waals surface area (Å²) in [4.78, 5) is 14.7. The first-order valence-electron chi connectivity index (χ1n) is 4.36. The van der Waals surface area contributed by atoms with Crippen LogP contribution in [0.1, 0.15) is 12.0 Å². The van der Waals surface area contributed by atoms with Gasteiger partial charge in [0.25, 0.3) is 0 Å². The van der Waals surface area contributed by atoms with Crippen molar-refractivity contribution < 1.29 is 14.3 Å². The van der Waals surface area contributed by atoms with Crippen LogP contribution in [0.25, 0.3) is 0 Å². The lowest BCUT2D eigenvalue weighted by molar-refractivity contribution is -0.141. The van der Waals surface area contributed by atoms with Gasteiger partial charge in [-0.2, -0.15) is 0 Å². The third-order valence-electron chi connectivity index (χ3n) is 1.67. The highest BCUT2D eigenvalue weighted by molar-refractivity contribution is 5.69. The first-order valence-corrected chi connectivity index (χ1v) is 4.36. The summed E-state index contributed by atoms with van der Waals surface area (Å²) in [5.41, 5.74) is 0.998. The van der Waals surface area contributed by atoms with Crippen LogP contribution >= 0.6 is 0 Å². The first-order chi connectivity index (χ1) is 6.83. The smallest absolute Gasteiger partial charge is 0.307 e. The van der Waals surface area contributed by atoms with Crippen molar-refractivity contribution in [2.45, 2.75) is 13.0 Å². The number of rotatable bonds is 5. The molecule has 0 aliphatic heterocycles. The number of aromatic nitrogens is 1. The van der Waals surface area contributed by atoms with E-state index < -0.39 is 0 Å². The fraction of sp³-hybridized carbons (Fsp3) is 0.400. The van der Waals surface area contributed by atoms with Gasteiger partial charge in [-0.3, -0.25) is 9.78 Å². The van der Waals surface area contributed by atoms with E-state index in [-0.39, 0.29) is 12.4 Å². The first kappa shape index (κ1) is 10.7. The summed E-state index contributed by atoms with van der Waals surface area (Å²) in [6.07, 6.45) is 3.73. The molecule has 1 aromatic rings. The van der Waals surface area contributed by atoms with Crippen LogP contribution in [-0.2, 0) is 20.9 Å². The van der Waals surface area contributed by atoms with E-state index in [1.807, 2.05) is 12.1 Å². The van der Waals surface area contributed by atoms with E-state index in [1.165, 1.54) is 7.11 Å². The fourth-order valence-electron chi connectivity index (χ4n) is 0.931. The fourth-order valence-corrected chi connectivity index (χ4v) is 0.931. The van der Waals surface area contributed by atoms with E-state index in [1.54, 1.807) is 12.4 Å². The van der Waals surface area contributed by atoms with Crippen LogP contribution in [0.3, 0.4) is 0 Å². The third kappa shape index (κ3) is 4.00. The number of methoxy groups -OCH3 is 1. The van der Waals surface area contributed by atoms with Gasteiger partial charge in [0.15, 0.2) is 0 Å². The number of esters is 1. The third-order valence-corrected chi connectivity index (χ3v) is 1.67. The molecule has 0 aromatic carbocycles. The normalized spacial score (nSPS) is 9.79. The number of pyridine rings is 1. The lowest BCUT2D eigenvalue weighted by atomic mass is 10.3. The molecule has 14 heavy (non-hydrogen) atoms. The Morgan fingerprint density at radius 2 is 2.43 bits per heavy atom. The molecule has 1 rings (SSSR count).